The highest BCUT2D eigenvalue weighted by molar-refractivity contribution is 4.99. The first-order chi connectivity index (χ1) is 11.6. The third-order valence-corrected chi connectivity index (χ3v) is 2.46. The summed E-state index contributed by atoms with van der Waals surface area (Å²) in [7, 11) is 0. The van der Waals surface area contributed by atoms with Gasteiger partial charge in [-0.15, -0.1) is 0 Å². The van der Waals surface area contributed by atoms with Crippen molar-refractivity contribution in [2.24, 2.45) is 0 Å². The quantitative estimate of drug-likeness (QED) is 0.393. The van der Waals surface area contributed by atoms with Crippen LogP contribution < -0.4 is 0 Å². The molecule has 0 amide bonds. The zero-order valence-electron chi connectivity index (χ0n) is 14.3. The van der Waals surface area contributed by atoms with E-state index in [-0.39, 0.29) is 0 Å². The summed E-state index contributed by atoms with van der Waals surface area (Å²) in [4.78, 5) is 13.4. The van der Waals surface area contributed by atoms with Gasteiger partial charge in [-0.3, -0.25) is 5.10 Å². The zero-order valence-corrected chi connectivity index (χ0v) is 14.3. The Hall–Kier alpha value is -3.23. The van der Waals surface area contributed by atoms with Crippen LogP contribution in [0.15, 0.2) is 43.4 Å². The molecule has 0 aliphatic heterocycles. The molecule has 4 aromatic heterocycles. The summed E-state index contributed by atoms with van der Waals surface area (Å²) in [6.07, 6.45) is 8.50. The van der Waals surface area contributed by atoms with Gasteiger partial charge in [0.2, 0.25) is 0 Å². The van der Waals surface area contributed by atoms with Gasteiger partial charge in [0.25, 0.3) is 0 Å². The highest BCUT2D eigenvalue weighted by Gasteiger charge is 1.76. The molecule has 9 nitrogen and oxygen atoms in total. The van der Waals surface area contributed by atoms with Gasteiger partial charge in [0.1, 0.15) is 12.2 Å². The van der Waals surface area contributed by atoms with Crippen molar-refractivity contribution in [3.05, 3.63) is 66.3 Å². The lowest BCUT2D eigenvalue weighted by Crippen LogP contribution is -1.68. The van der Waals surface area contributed by atoms with Gasteiger partial charge < -0.3 is 9.97 Å². The fourth-order valence-corrected chi connectivity index (χ4v) is 1.27. The number of H-pyrrole nitrogens is 4. The van der Waals surface area contributed by atoms with Crippen LogP contribution in [0.1, 0.15) is 22.9 Å². The molecule has 24 heavy (non-hydrogen) atoms. The first-order valence-corrected chi connectivity index (χ1v) is 7.27. The van der Waals surface area contributed by atoms with Gasteiger partial charge in [0, 0.05) is 23.8 Å². The highest BCUT2D eigenvalue weighted by atomic mass is 15.3. The Bertz CT molecular complexity index is 566. The normalized spacial score (nSPS) is 8.83. The van der Waals surface area contributed by atoms with Gasteiger partial charge in [-0.05, 0) is 39.8 Å². The average molecular weight is 329 g/mol. The van der Waals surface area contributed by atoms with E-state index in [1.165, 1.54) is 12.0 Å². The largest absolute Gasteiger partial charge is 0.365 e. The minimum absolute atomic E-state index is 0.856. The van der Waals surface area contributed by atoms with E-state index in [0.717, 1.165) is 17.2 Å². The second kappa shape index (κ2) is 11.4. The van der Waals surface area contributed by atoms with Gasteiger partial charge in [-0.25, -0.2) is 9.97 Å². The van der Waals surface area contributed by atoms with Crippen LogP contribution in [0.4, 0.5) is 0 Å². The third-order valence-electron chi connectivity index (χ3n) is 2.46. The van der Waals surface area contributed by atoms with E-state index in [4.69, 9.17) is 0 Å². The van der Waals surface area contributed by atoms with Gasteiger partial charge in [-0.1, -0.05) is 0 Å². The standard InChI is InChI=1S/C5H7N.C4H6N2.2C3H5N3/c1-5-3-2-4-6-5;1-4-2-5-3-6-4;1-3-4-2-5-6-3;1-3-2-4-6-5-3/h2-4,6H,1H3;2-3H,1H3,(H,5,6);2*2H,1H3,(H,4,5,6). The SMILES string of the molecule is Cc1ccc[nH]1.Cc1cn[nH]n1.Cc1cnc[nH]1.Cc1ncn[nH]1. The molecule has 0 saturated heterocycles. The second-order valence-corrected chi connectivity index (χ2v) is 4.77. The Balaban J connectivity index is 0.000000160. The molecule has 0 atom stereocenters. The molecule has 0 aromatic carbocycles. The monoisotopic (exact) mass is 329 g/mol. The Morgan fingerprint density at radius 2 is 1.75 bits per heavy atom. The summed E-state index contributed by atoms with van der Waals surface area (Å²) in [6.45, 7) is 7.73. The molecule has 0 aliphatic carbocycles. The van der Waals surface area contributed by atoms with Crippen molar-refractivity contribution in [3.8, 4) is 0 Å². The lowest BCUT2D eigenvalue weighted by Gasteiger charge is -1.70. The maximum absolute atomic E-state index is 3.77. The molecule has 0 spiro atoms. The van der Waals surface area contributed by atoms with Crippen molar-refractivity contribution >= 4 is 0 Å². The van der Waals surface area contributed by atoms with Crippen LogP contribution in [-0.2, 0) is 0 Å². The summed E-state index contributed by atoms with van der Waals surface area (Å²) in [5.41, 5.74) is 3.25. The molecule has 128 valence electrons. The number of nitrogens with zero attached hydrogens (tertiary/aromatic N) is 5. The van der Waals surface area contributed by atoms with Crippen LogP contribution in [0.2, 0.25) is 0 Å². The average Bonchev–Trinajstić information content (AvgIpc) is 3.31. The van der Waals surface area contributed by atoms with Gasteiger partial charge in [0.15, 0.2) is 0 Å². The van der Waals surface area contributed by atoms with Crippen LogP contribution in [0.5, 0.6) is 0 Å². The van der Waals surface area contributed by atoms with Crippen LogP contribution in [-0.4, -0.2) is 45.5 Å². The highest BCUT2D eigenvalue weighted by Crippen LogP contribution is 1.86. The maximum atomic E-state index is 3.77. The number of hydrogen-bond donors (Lipinski definition) is 4. The predicted octanol–water partition coefficient (Wildman–Crippen LogP) is 2.27. The minimum atomic E-state index is 0.856. The van der Waals surface area contributed by atoms with E-state index in [0.29, 0.717) is 0 Å². The van der Waals surface area contributed by atoms with Crippen molar-refractivity contribution in [3.63, 3.8) is 0 Å². The topological polar surface area (TPSA) is 128 Å². The molecule has 4 rings (SSSR count). The number of aromatic nitrogens is 9. The molecular formula is C15H23N9. The van der Waals surface area contributed by atoms with E-state index in [1.54, 1.807) is 18.7 Å². The van der Waals surface area contributed by atoms with Crippen molar-refractivity contribution in [1.82, 2.24) is 45.5 Å². The van der Waals surface area contributed by atoms with E-state index >= 15 is 0 Å². The lowest BCUT2D eigenvalue weighted by molar-refractivity contribution is 0.928. The van der Waals surface area contributed by atoms with Crippen molar-refractivity contribution in [1.29, 1.82) is 0 Å². The molecular weight excluding hydrogens is 306 g/mol. The van der Waals surface area contributed by atoms with E-state index in [9.17, 15) is 0 Å². The number of hydrogen-bond acceptors (Lipinski definition) is 5. The molecule has 0 saturated carbocycles. The molecule has 0 radical (unpaired) electrons. The summed E-state index contributed by atoms with van der Waals surface area (Å²) < 4.78 is 0. The second-order valence-electron chi connectivity index (χ2n) is 4.77. The van der Waals surface area contributed by atoms with Crippen molar-refractivity contribution in [2.45, 2.75) is 27.7 Å². The van der Waals surface area contributed by atoms with Crippen LogP contribution in [0.3, 0.4) is 0 Å². The Morgan fingerprint density at radius 1 is 0.917 bits per heavy atom. The zero-order chi connectivity index (χ0) is 17.6. The van der Waals surface area contributed by atoms with Crippen LogP contribution in [0.25, 0.3) is 0 Å². The molecule has 0 unspecified atom stereocenters. The summed E-state index contributed by atoms with van der Waals surface area (Å²) in [5.74, 6) is 0.856. The lowest BCUT2D eigenvalue weighted by atomic mass is 10.5. The molecule has 0 fully saturated rings. The first-order valence-electron chi connectivity index (χ1n) is 7.27. The van der Waals surface area contributed by atoms with E-state index < -0.39 is 0 Å². The van der Waals surface area contributed by atoms with Crippen LogP contribution >= 0.6 is 0 Å². The van der Waals surface area contributed by atoms with Gasteiger partial charge >= 0.3 is 0 Å². The fraction of sp³-hybridized carbons (Fsp3) is 0.267. The number of nitrogens with one attached hydrogen (secondary N) is 4. The Labute approximate surface area is 140 Å². The van der Waals surface area contributed by atoms with Gasteiger partial charge in [0.05, 0.1) is 18.2 Å². The third kappa shape index (κ3) is 9.66. The van der Waals surface area contributed by atoms with Crippen molar-refractivity contribution in [2.75, 3.05) is 0 Å². The summed E-state index contributed by atoms with van der Waals surface area (Å²) in [5, 5.41) is 15.9. The number of rotatable bonds is 0. The smallest absolute Gasteiger partial charge is 0.137 e. The van der Waals surface area contributed by atoms with Gasteiger partial charge in [-0.2, -0.15) is 20.5 Å². The number of aryl methyl sites for hydroxylation is 4. The number of imidazole rings is 1. The molecule has 0 bridgehead atoms. The van der Waals surface area contributed by atoms with Crippen molar-refractivity contribution < 1.29 is 0 Å². The molecule has 0 aliphatic rings. The summed E-state index contributed by atoms with van der Waals surface area (Å²) in [6, 6.07) is 4.01. The first kappa shape index (κ1) is 18.8. The molecule has 4 N–H and O–H groups in total. The fourth-order valence-electron chi connectivity index (χ4n) is 1.27. The maximum Gasteiger partial charge on any atom is 0.137 e. The van der Waals surface area contributed by atoms with E-state index in [2.05, 4.69) is 45.5 Å². The van der Waals surface area contributed by atoms with E-state index in [1.807, 2.05) is 46.0 Å². The number of aromatic amines is 4. The minimum Gasteiger partial charge on any atom is -0.365 e. The predicted molar refractivity (Wildman–Crippen MR) is 91.1 cm³/mol. The molecule has 9 heteroatoms. The summed E-state index contributed by atoms with van der Waals surface area (Å²) >= 11 is 0. The van der Waals surface area contributed by atoms with Crippen LogP contribution in [0, 0.1) is 27.7 Å². The Kier molecular flexibility index (Phi) is 8.90. The molecule has 4 heterocycles. The molecule has 4 aromatic rings. The Morgan fingerprint density at radius 3 is 1.92 bits per heavy atom.